The molecule has 3 aromatic heterocycles. The fourth-order valence-corrected chi connectivity index (χ4v) is 4.82. The van der Waals surface area contributed by atoms with Crippen LogP contribution in [0.2, 0.25) is 0 Å². The number of primary amides is 1. The molecule has 202 valence electrons. The zero-order valence-electron chi connectivity index (χ0n) is 22.1. The van der Waals surface area contributed by atoms with Gasteiger partial charge in [-0.05, 0) is 63.1 Å². The lowest BCUT2D eigenvalue weighted by molar-refractivity contribution is 0.0996. The van der Waals surface area contributed by atoms with Crippen LogP contribution in [0, 0.1) is 6.92 Å². The molecule has 0 saturated carbocycles. The van der Waals surface area contributed by atoms with E-state index in [2.05, 4.69) is 15.4 Å². The number of hydrogen-bond donors (Lipinski definition) is 3. The first-order chi connectivity index (χ1) is 18.8. The first-order valence-electron chi connectivity index (χ1n) is 12.7. The van der Waals surface area contributed by atoms with Gasteiger partial charge in [-0.2, -0.15) is 5.10 Å². The predicted molar refractivity (Wildman–Crippen MR) is 149 cm³/mol. The number of nitrogens with one attached hydrogen (secondary N) is 1. The highest BCUT2D eigenvalue weighted by Gasteiger charge is 2.19. The number of carbonyl (C=O) groups excluding carboxylic acids is 2. The van der Waals surface area contributed by atoms with Gasteiger partial charge in [0.05, 0.1) is 29.4 Å². The number of amides is 2. The molecule has 2 amide bonds. The molecule has 5 rings (SSSR count). The van der Waals surface area contributed by atoms with Gasteiger partial charge < -0.3 is 25.3 Å². The highest BCUT2D eigenvalue weighted by molar-refractivity contribution is 6.03. The van der Waals surface area contributed by atoms with Crippen LogP contribution in [0.1, 0.15) is 46.3 Å². The number of rotatable bonds is 10. The lowest BCUT2D eigenvalue weighted by Gasteiger charge is -2.12. The number of fused-ring (bicyclic) bond motifs is 2. The molecule has 5 N–H and O–H groups in total. The quantitative estimate of drug-likeness (QED) is 0.234. The van der Waals surface area contributed by atoms with Crippen molar-refractivity contribution < 1.29 is 14.3 Å². The summed E-state index contributed by atoms with van der Waals surface area (Å²) >= 11 is 0. The summed E-state index contributed by atoms with van der Waals surface area (Å²) in [5.41, 5.74) is 16.2. The zero-order valence-corrected chi connectivity index (χ0v) is 22.1. The van der Waals surface area contributed by atoms with Crippen LogP contribution < -0.4 is 21.5 Å². The minimum absolute atomic E-state index is 0.277. The molecule has 0 atom stereocenters. The Labute approximate surface area is 224 Å². The summed E-state index contributed by atoms with van der Waals surface area (Å²) in [6.07, 6.45) is 1.56. The number of unbranched alkanes of at least 4 members (excludes halogenated alkanes) is 1. The van der Waals surface area contributed by atoms with Crippen LogP contribution >= 0.6 is 0 Å². The number of methoxy groups -OCH3 is 1. The lowest BCUT2D eigenvalue weighted by atomic mass is 10.2. The van der Waals surface area contributed by atoms with Crippen LogP contribution in [0.5, 0.6) is 5.75 Å². The average Bonchev–Trinajstić information content (AvgIpc) is 3.57. The van der Waals surface area contributed by atoms with Crippen molar-refractivity contribution in [1.29, 1.82) is 0 Å². The predicted octanol–water partition coefficient (Wildman–Crippen LogP) is 3.33. The summed E-state index contributed by atoms with van der Waals surface area (Å²) in [5, 5.41) is 7.36. The van der Waals surface area contributed by atoms with Crippen LogP contribution in [0.25, 0.3) is 22.1 Å². The number of aryl methyl sites for hydroxylation is 4. The van der Waals surface area contributed by atoms with E-state index in [9.17, 15) is 9.59 Å². The van der Waals surface area contributed by atoms with Gasteiger partial charge in [0.1, 0.15) is 17.0 Å². The Hall–Kier alpha value is -4.87. The van der Waals surface area contributed by atoms with Gasteiger partial charge in [-0.25, -0.2) is 9.97 Å². The molecule has 0 bridgehead atoms. The lowest BCUT2D eigenvalue weighted by Crippen LogP contribution is -2.20. The molecule has 0 unspecified atom stereocenters. The second-order valence-electron chi connectivity index (χ2n) is 9.25. The summed E-state index contributed by atoms with van der Waals surface area (Å²) in [7, 11) is 1.60. The van der Waals surface area contributed by atoms with Crippen LogP contribution in [0.15, 0.2) is 42.5 Å². The Morgan fingerprint density at radius 3 is 2.51 bits per heavy atom. The number of ether oxygens (including phenoxy) is 1. The fourth-order valence-electron chi connectivity index (χ4n) is 4.82. The number of benzene rings is 2. The van der Waals surface area contributed by atoms with Crippen molar-refractivity contribution in [2.24, 2.45) is 5.73 Å². The zero-order chi connectivity index (χ0) is 27.7. The van der Waals surface area contributed by atoms with Gasteiger partial charge >= 0.3 is 0 Å². The van der Waals surface area contributed by atoms with E-state index >= 15 is 0 Å². The van der Waals surface area contributed by atoms with E-state index in [1.807, 2.05) is 47.2 Å². The molecule has 5 aromatic rings. The molecule has 12 heteroatoms. The number of nitrogens with zero attached hydrogens (tertiary/aromatic N) is 6. The van der Waals surface area contributed by atoms with Crippen molar-refractivity contribution in [3.63, 3.8) is 0 Å². The number of nitrogens with two attached hydrogens (primary N) is 2. The van der Waals surface area contributed by atoms with Crippen molar-refractivity contribution in [3.8, 4) is 5.75 Å². The van der Waals surface area contributed by atoms with Crippen molar-refractivity contribution >= 4 is 45.8 Å². The SMILES string of the molecule is CCn1nc(C)cc1C(=O)Nc1nc2c(OC)cccc2n1CCCCn1c(N)nc2cc(C(N)=O)ccc21. The van der Waals surface area contributed by atoms with E-state index in [0.29, 0.717) is 59.6 Å². The molecule has 0 saturated heterocycles. The van der Waals surface area contributed by atoms with Crippen LogP contribution in [-0.4, -0.2) is 47.8 Å². The Bertz CT molecular complexity index is 1700. The number of carbonyl (C=O) groups is 2. The number of aromatic nitrogens is 6. The Kier molecular flexibility index (Phi) is 6.92. The molecular weight excluding hydrogens is 498 g/mol. The van der Waals surface area contributed by atoms with Gasteiger partial charge in [0.2, 0.25) is 17.8 Å². The molecule has 0 spiro atoms. The summed E-state index contributed by atoms with van der Waals surface area (Å²) in [6.45, 7) is 5.61. The van der Waals surface area contributed by atoms with Gasteiger partial charge in [0.25, 0.3) is 5.91 Å². The highest BCUT2D eigenvalue weighted by Crippen LogP contribution is 2.29. The maximum atomic E-state index is 13.2. The molecule has 0 fully saturated rings. The molecule has 3 heterocycles. The standard InChI is InChI=1S/C27H31N9O3/c1-4-36-21(14-16(2)33-36)25(38)32-27-31-23-20(8-7-9-22(23)39-3)35(27)13-6-5-12-34-19-11-10-17(24(28)37)15-18(19)30-26(34)29/h7-11,14-15H,4-6,12-13H2,1-3H3,(H2,28,37)(H2,29,30)(H,31,32,38). The molecule has 39 heavy (non-hydrogen) atoms. The van der Waals surface area contributed by atoms with Crippen LogP contribution in [-0.2, 0) is 19.6 Å². The smallest absolute Gasteiger partial charge is 0.276 e. The van der Waals surface area contributed by atoms with E-state index in [1.54, 1.807) is 30.0 Å². The minimum Gasteiger partial charge on any atom is -0.494 e. The summed E-state index contributed by atoms with van der Waals surface area (Å²) in [6, 6.07) is 12.6. The Morgan fingerprint density at radius 2 is 1.79 bits per heavy atom. The van der Waals surface area contributed by atoms with E-state index < -0.39 is 5.91 Å². The number of nitrogen functional groups attached to an aromatic ring is 1. The molecule has 12 nitrogen and oxygen atoms in total. The fraction of sp³-hybridized carbons (Fsp3) is 0.296. The summed E-state index contributed by atoms with van der Waals surface area (Å²) in [4.78, 5) is 33.8. The molecule has 0 aliphatic heterocycles. The second kappa shape index (κ2) is 10.5. The normalized spacial score (nSPS) is 11.4. The monoisotopic (exact) mass is 529 g/mol. The number of anilines is 2. The number of hydrogen-bond acceptors (Lipinski definition) is 7. The number of para-hydroxylation sites is 1. The van der Waals surface area contributed by atoms with E-state index in [-0.39, 0.29) is 5.91 Å². The molecule has 2 aromatic carbocycles. The number of imidazole rings is 2. The first kappa shape index (κ1) is 25.8. The van der Waals surface area contributed by atoms with Gasteiger partial charge in [-0.3, -0.25) is 19.6 Å². The maximum Gasteiger partial charge on any atom is 0.276 e. The van der Waals surface area contributed by atoms with E-state index in [1.165, 1.54) is 0 Å². The minimum atomic E-state index is -0.508. The molecule has 0 aliphatic rings. The van der Waals surface area contributed by atoms with Crippen molar-refractivity contribution in [2.45, 2.75) is 46.3 Å². The summed E-state index contributed by atoms with van der Waals surface area (Å²) < 4.78 is 11.1. The Balaban J connectivity index is 1.37. The third kappa shape index (κ3) is 4.88. The first-order valence-corrected chi connectivity index (χ1v) is 12.7. The van der Waals surface area contributed by atoms with Gasteiger partial charge in [-0.15, -0.1) is 0 Å². The van der Waals surface area contributed by atoms with Crippen molar-refractivity contribution in [3.05, 3.63) is 59.4 Å². The van der Waals surface area contributed by atoms with E-state index in [4.69, 9.17) is 21.2 Å². The van der Waals surface area contributed by atoms with Crippen molar-refractivity contribution in [2.75, 3.05) is 18.2 Å². The van der Waals surface area contributed by atoms with Crippen LogP contribution in [0.3, 0.4) is 0 Å². The van der Waals surface area contributed by atoms with Gasteiger partial charge in [0, 0.05) is 25.2 Å². The highest BCUT2D eigenvalue weighted by atomic mass is 16.5. The van der Waals surface area contributed by atoms with Gasteiger partial charge in [0.15, 0.2) is 0 Å². The largest absolute Gasteiger partial charge is 0.494 e. The topological polar surface area (TPSA) is 161 Å². The third-order valence-electron chi connectivity index (χ3n) is 6.70. The maximum absolute atomic E-state index is 13.2. The molecular formula is C27H31N9O3. The van der Waals surface area contributed by atoms with Gasteiger partial charge in [-0.1, -0.05) is 6.07 Å². The second-order valence-corrected chi connectivity index (χ2v) is 9.25. The molecule has 0 aliphatic carbocycles. The van der Waals surface area contributed by atoms with Crippen LogP contribution in [0.4, 0.5) is 11.9 Å². The Morgan fingerprint density at radius 1 is 1.03 bits per heavy atom. The van der Waals surface area contributed by atoms with Crippen molar-refractivity contribution in [1.82, 2.24) is 28.9 Å². The summed E-state index contributed by atoms with van der Waals surface area (Å²) in [5.74, 6) is 0.657. The average molecular weight is 530 g/mol. The van der Waals surface area contributed by atoms with E-state index in [0.717, 1.165) is 29.6 Å². The molecule has 0 radical (unpaired) electrons. The third-order valence-corrected chi connectivity index (χ3v) is 6.70.